The molecule has 2 aliphatic heterocycles. The van der Waals surface area contributed by atoms with Crippen molar-refractivity contribution in [2.45, 2.75) is 18.9 Å². The van der Waals surface area contributed by atoms with Crippen LogP contribution in [0.3, 0.4) is 0 Å². The molecule has 4 heterocycles. The van der Waals surface area contributed by atoms with Gasteiger partial charge in [-0.25, -0.2) is 14.8 Å². The van der Waals surface area contributed by atoms with E-state index >= 15 is 0 Å². The molecule has 0 aliphatic carbocycles. The summed E-state index contributed by atoms with van der Waals surface area (Å²) >= 11 is 1.61. The Balaban J connectivity index is 1.42. The number of aromatic nitrogens is 2. The van der Waals surface area contributed by atoms with E-state index in [-0.39, 0.29) is 24.5 Å². The number of carbonyl (C=O) groups excluding carboxylic acids is 2. The third-order valence-electron chi connectivity index (χ3n) is 5.05. The van der Waals surface area contributed by atoms with Crippen LogP contribution < -0.4 is 4.90 Å². The van der Waals surface area contributed by atoms with Gasteiger partial charge >= 0.3 is 6.03 Å². The number of nitrogens with zero attached hydrogens (tertiary/aromatic N) is 5. The van der Waals surface area contributed by atoms with Crippen molar-refractivity contribution in [2.75, 3.05) is 44.8 Å². The molecule has 26 heavy (non-hydrogen) atoms. The minimum absolute atomic E-state index is 0.0926. The lowest BCUT2D eigenvalue weighted by molar-refractivity contribution is -0.125. The van der Waals surface area contributed by atoms with E-state index in [1.165, 1.54) is 4.90 Å². The van der Waals surface area contributed by atoms with E-state index < -0.39 is 0 Å². The molecule has 2 fully saturated rings. The number of ether oxygens (including phenoxy) is 1. The van der Waals surface area contributed by atoms with Crippen LogP contribution in [-0.4, -0.2) is 77.6 Å². The molecule has 0 N–H and O–H groups in total. The van der Waals surface area contributed by atoms with Crippen LogP contribution in [0, 0.1) is 0 Å². The van der Waals surface area contributed by atoms with Gasteiger partial charge in [0.15, 0.2) is 0 Å². The van der Waals surface area contributed by atoms with Gasteiger partial charge in [-0.1, -0.05) is 0 Å². The molecule has 0 aromatic carbocycles. The number of rotatable bonds is 5. The summed E-state index contributed by atoms with van der Waals surface area (Å²) in [5.74, 6) is 0.825. The molecule has 0 unspecified atom stereocenters. The highest BCUT2D eigenvalue weighted by Crippen LogP contribution is 2.30. The monoisotopic (exact) mass is 375 g/mol. The number of urea groups is 1. The maximum absolute atomic E-state index is 12.6. The highest BCUT2D eigenvalue weighted by molar-refractivity contribution is 7.16. The quantitative estimate of drug-likeness (QED) is 0.738. The third kappa shape index (κ3) is 3.01. The van der Waals surface area contributed by atoms with Crippen molar-refractivity contribution < 1.29 is 14.3 Å². The van der Waals surface area contributed by atoms with Crippen LogP contribution in [0.2, 0.25) is 0 Å². The van der Waals surface area contributed by atoms with Crippen LogP contribution in [0.5, 0.6) is 0 Å². The third-order valence-corrected chi connectivity index (χ3v) is 5.87. The molecule has 2 saturated heterocycles. The minimum Gasteiger partial charge on any atom is -0.383 e. The summed E-state index contributed by atoms with van der Waals surface area (Å²) in [6, 6.07) is 1.96. The Hall–Kier alpha value is -2.26. The van der Waals surface area contributed by atoms with E-state index in [0.29, 0.717) is 13.2 Å². The van der Waals surface area contributed by atoms with Crippen LogP contribution >= 0.6 is 11.3 Å². The standard InChI is InChI=1S/C17H21N5O3S/c1-25-8-7-21-14(23)10-22(17(21)24)12-2-5-20(6-3-12)15-13-4-9-26-16(13)19-11-18-15/h4,9,11-12H,2-3,5-8,10H2,1H3. The van der Waals surface area contributed by atoms with Crippen molar-refractivity contribution in [3.8, 4) is 0 Å². The molecule has 0 saturated carbocycles. The number of imide groups is 1. The predicted octanol–water partition coefficient (Wildman–Crippen LogP) is 1.57. The topological polar surface area (TPSA) is 78.9 Å². The molecule has 0 radical (unpaired) electrons. The zero-order valence-electron chi connectivity index (χ0n) is 14.6. The lowest BCUT2D eigenvalue weighted by Crippen LogP contribution is -2.47. The fourth-order valence-corrected chi connectivity index (χ4v) is 4.39. The molecule has 0 bridgehead atoms. The van der Waals surface area contributed by atoms with E-state index in [0.717, 1.165) is 42.0 Å². The van der Waals surface area contributed by atoms with Gasteiger partial charge < -0.3 is 14.5 Å². The Morgan fingerprint density at radius 3 is 2.85 bits per heavy atom. The molecular formula is C17H21N5O3S. The van der Waals surface area contributed by atoms with Crippen molar-refractivity contribution in [1.82, 2.24) is 19.8 Å². The van der Waals surface area contributed by atoms with Gasteiger partial charge in [-0.05, 0) is 24.3 Å². The molecule has 0 spiro atoms. The van der Waals surface area contributed by atoms with Crippen molar-refractivity contribution in [3.63, 3.8) is 0 Å². The van der Waals surface area contributed by atoms with Crippen molar-refractivity contribution >= 4 is 39.3 Å². The smallest absolute Gasteiger partial charge is 0.327 e. The van der Waals surface area contributed by atoms with Gasteiger partial charge in [0, 0.05) is 26.2 Å². The van der Waals surface area contributed by atoms with Crippen LogP contribution in [0.1, 0.15) is 12.8 Å². The lowest BCUT2D eigenvalue weighted by atomic mass is 10.0. The van der Waals surface area contributed by atoms with Gasteiger partial charge in [0.25, 0.3) is 0 Å². The first-order valence-electron chi connectivity index (χ1n) is 8.72. The van der Waals surface area contributed by atoms with Crippen molar-refractivity contribution in [1.29, 1.82) is 0 Å². The van der Waals surface area contributed by atoms with Gasteiger partial charge in [-0.2, -0.15) is 0 Å². The fraction of sp³-hybridized carbons (Fsp3) is 0.529. The maximum atomic E-state index is 12.6. The zero-order chi connectivity index (χ0) is 18.1. The van der Waals surface area contributed by atoms with Crippen molar-refractivity contribution in [3.05, 3.63) is 17.8 Å². The molecule has 9 heteroatoms. The number of fused-ring (bicyclic) bond motifs is 1. The normalized spacial score (nSPS) is 19.2. The van der Waals surface area contributed by atoms with Crippen LogP contribution in [0.4, 0.5) is 10.6 Å². The average molecular weight is 375 g/mol. The lowest BCUT2D eigenvalue weighted by Gasteiger charge is -2.36. The second-order valence-electron chi connectivity index (χ2n) is 6.50. The molecular weight excluding hydrogens is 354 g/mol. The Morgan fingerprint density at radius 2 is 2.08 bits per heavy atom. The predicted molar refractivity (Wildman–Crippen MR) is 98.3 cm³/mol. The molecule has 3 amide bonds. The van der Waals surface area contributed by atoms with Gasteiger partial charge in [0.1, 0.15) is 23.5 Å². The van der Waals surface area contributed by atoms with Gasteiger partial charge in [-0.15, -0.1) is 11.3 Å². The Morgan fingerprint density at radius 1 is 1.27 bits per heavy atom. The maximum Gasteiger partial charge on any atom is 0.327 e. The number of methoxy groups -OCH3 is 1. The van der Waals surface area contributed by atoms with Crippen molar-refractivity contribution in [2.24, 2.45) is 0 Å². The summed E-state index contributed by atoms with van der Waals surface area (Å²) < 4.78 is 4.99. The van der Waals surface area contributed by atoms with E-state index in [1.807, 2.05) is 5.38 Å². The number of amides is 3. The van der Waals surface area contributed by atoms with Gasteiger partial charge in [-0.3, -0.25) is 9.69 Å². The summed E-state index contributed by atoms with van der Waals surface area (Å²) in [7, 11) is 1.57. The molecule has 4 rings (SSSR count). The molecule has 138 valence electrons. The number of hydrogen-bond acceptors (Lipinski definition) is 7. The summed E-state index contributed by atoms with van der Waals surface area (Å²) in [6.45, 7) is 2.48. The number of thiophene rings is 1. The second kappa shape index (κ2) is 7.16. The van der Waals surface area contributed by atoms with E-state index in [4.69, 9.17) is 4.74 Å². The van der Waals surface area contributed by atoms with Gasteiger partial charge in [0.2, 0.25) is 5.91 Å². The summed E-state index contributed by atoms with van der Waals surface area (Å²) in [6.07, 6.45) is 3.26. The van der Waals surface area contributed by atoms with Crippen LogP contribution in [-0.2, 0) is 9.53 Å². The molecule has 2 aromatic rings. The largest absolute Gasteiger partial charge is 0.383 e. The zero-order valence-corrected chi connectivity index (χ0v) is 15.4. The molecule has 8 nitrogen and oxygen atoms in total. The van der Waals surface area contributed by atoms with Crippen LogP contribution in [0.15, 0.2) is 17.8 Å². The number of anilines is 1. The summed E-state index contributed by atoms with van der Waals surface area (Å²) in [5.41, 5.74) is 0. The molecule has 2 aromatic heterocycles. The highest BCUT2D eigenvalue weighted by Gasteiger charge is 2.40. The van der Waals surface area contributed by atoms with E-state index in [2.05, 4.69) is 20.9 Å². The van der Waals surface area contributed by atoms with E-state index in [1.54, 1.807) is 29.7 Å². The highest BCUT2D eigenvalue weighted by atomic mass is 32.1. The molecule has 2 aliphatic rings. The average Bonchev–Trinajstić information content (AvgIpc) is 3.25. The fourth-order valence-electron chi connectivity index (χ4n) is 3.67. The minimum atomic E-state index is -0.187. The first-order chi connectivity index (χ1) is 12.7. The first-order valence-corrected chi connectivity index (χ1v) is 9.60. The summed E-state index contributed by atoms with van der Waals surface area (Å²) in [4.78, 5) is 39.7. The summed E-state index contributed by atoms with van der Waals surface area (Å²) in [5, 5.41) is 3.10. The van der Waals surface area contributed by atoms with Gasteiger partial charge in [0.05, 0.1) is 18.5 Å². The second-order valence-corrected chi connectivity index (χ2v) is 7.40. The van der Waals surface area contributed by atoms with Crippen LogP contribution in [0.25, 0.3) is 10.2 Å². The number of hydrogen-bond donors (Lipinski definition) is 0. The Kier molecular flexibility index (Phi) is 4.73. The van der Waals surface area contributed by atoms with E-state index in [9.17, 15) is 9.59 Å². The SMILES string of the molecule is COCCN1C(=O)CN(C2CCN(c3ncnc4sccc34)CC2)C1=O. The number of carbonyl (C=O) groups is 2. The first kappa shape index (κ1) is 17.2. The Bertz CT molecular complexity index is 818. The molecule has 0 atom stereocenters. The Labute approximate surface area is 155 Å². The number of piperidine rings is 1.